The quantitative estimate of drug-likeness (QED) is 0.406. The summed E-state index contributed by atoms with van der Waals surface area (Å²) >= 11 is 0. The van der Waals surface area contributed by atoms with E-state index in [0.29, 0.717) is 5.75 Å². The Morgan fingerprint density at radius 1 is 1.26 bits per heavy atom. The third kappa shape index (κ3) is 4.71. The third-order valence-electron chi connectivity index (χ3n) is 2.97. The summed E-state index contributed by atoms with van der Waals surface area (Å²) in [7, 11) is 0. The van der Waals surface area contributed by atoms with Gasteiger partial charge in [0.1, 0.15) is 5.75 Å². The second kappa shape index (κ2) is 7.53. The number of nitrogens with zero attached hydrogens (tertiary/aromatic N) is 1. The average Bonchev–Trinajstić information content (AvgIpc) is 2.70. The van der Waals surface area contributed by atoms with Crippen LogP contribution in [-0.4, -0.2) is 30.5 Å². The second-order valence-corrected chi connectivity index (χ2v) is 4.43. The zero-order valence-electron chi connectivity index (χ0n) is 10.9. The van der Waals surface area contributed by atoms with Crippen LogP contribution in [0.25, 0.3) is 0 Å². The molecule has 0 atom stereocenters. The molecule has 0 saturated carbocycles. The van der Waals surface area contributed by atoms with Crippen molar-refractivity contribution in [3.63, 3.8) is 0 Å². The number of benzene rings is 1. The standard InChI is InChI=1S/C14H19N3O2/c18-11-19-13-7-5-12(6-8-13)10-16-17-14-4-2-1-3-9-15-14/h5-8,10,18H,1-4,9,11H2,(H,15,17)/p+1/b16-10-. The molecule has 0 saturated heterocycles. The van der Waals surface area contributed by atoms with E-state index in [1.807, 2.05) is 12.1 Å². The van der Waals surface area contributed by atoms with E-state index in [4.69, 9.17) is 9.84 Å². The van der Waals surface area contributed by atoms with E-state index in [2.05, 4.69) is 15.5 Å². The molecule has 0 unspecified atom stereocenters. The van der Waals surface area contributed by atoms with E-state index in [0.717, 1.165) is 24.4 Å². The average molecular weight is 262 g/mol. The molecule has 1 aromatic carbocycles. The van der Waals surface area contributed by atoms with Crippen molar-refractivity contribution < 1.29 is 14.8 Å². The molecule has 1 aromatic rings. The summed E-state index contributed by atoms with van der Waals surface area (Å²) in [6.45, 7) is 0.712. The van der Waals surface area contributed by atoms with Crippen LogP contribution in [0.5, 0.6) is 5.75 Å². The number of ether oxygens (including phenoxy) is 1. The molecule has 5 nitrogen and oxygen atoms in total. The van der Waals surface area contributed by atoms with E-state index in [9.17, 15) is 0 Å². The van der Waals surface area contributed by atoms with Crippen LogP contribution in [0.3, 0.4) is 0 Å². The van der Waals surface area contributed by atoms with Crippen molar-refractivity contribution in [1.29, 1.82) is 0 Å². The van der Waals surface area contributed by atoms with E-state index in [-0.39, 0.29) is 6.79 Å². The Balaban J connectivity index is 1.85. The molecule has 1 aliphatic rings. The largest absolute Gasteiger partial charge is 0.468 e. The van der Waals surface area contributed by atoms with Gasteiger partial charge in [0.25, 0.3) is 5.84 Å². The highest BCUT2D eigenvalue weighted by Crippen LogP contribution is 2.10. The lowest BCUT2D eigenvalue weighted by Gasteiger charge is -2.01. The molecule has 0 aromatic heterocycles. The summed E-state index contributed by atoms with van der Waals surface area (Å²) in [6, 6.07) is 7.38. The molecule has 0 radical (unpaired) electrons. The zero-order valence-corrected chi connectivity index (χ0v) is 10.9. The molecule has 2 rings (SSSR count). The van der Waals surface area contributed by atoms with Crippen molar-refractivity contribution in [2.24, 2.45) is 5.10 Å². The normalized spacial score (nSPS) is 15.9. The highest BCUT2D eigenvalue weighted by atomic mass is 16.6. The van der Waals surface area contributed by atoms with Crippen molar-refractivity contribution in [2.45, 2.75) is 25.7 Å². The van der Waals surface area contributed by atoms with Crippen molar-refractivity contribution in [3.05, 3.63) is 29.8 Å². The highest BCUT2D eigenvalue weighted by molar-refractivity contribution is 5.82. The Hall–Kier alpha value is -1.88. The predicted octanol–water partition coefficient (Wildman–Crippen LogP) is -0.00820. The predicted molar refractivity (Wildman–Crippen MR) is 74.2 cm³/mol. The fraction of sp³-hybridized carbons (Fsp3) is 0.429. The molecule has 19 heavy (non-hydrogen) atoms. The molecule has 1 heterocycles. The van der Waals surface area contributed by atoms with Crippen LogP contribution in [0.1, 0.15) is 31.2 Å². The molecule has 1 aliphatic heterocycles. The number of nitrogens with one attached hydrogen (secondary N) is 2. The van der Waals surface area contributed by atoms with Gasteiger partial charge in [-0.15, -0.1) is 0 Å². The van der Waals surface area contributed by atoms with Gasteiger partial charge in [0.05, 0.1) is 19.2 Å². The van der Waals surface area contributed by atoms with Crippen molar-refractivity contribution in [2.75, 3.05) is 13.3 Å². The van der Waals surface area contributed by atoms with Crippen LogP contribution in [0.15, 0.2) is 29.4 Å². The van der Waals surface area contributed by atoms with Crippen LogP contribution in [0.2, 0.25) is 0 Å². The summed E-state index contributed by atoms with van der Waals surface area (Å²) in [4.78, 5) is 3.34. The number of hydrazone groups is 1. The maximum Gasteiger partial charge on any atom is 0.267 e. The maximum atomic E-state index is 8.63. The Kier molecular flexibility index (Phi) is 5.37. The summed E-state index contributed by atoms with van der Waals surface area (Å²) < 4.78 is 4.96. The first-order chi connectivity index (χ1) is 9.38. The third-order valence-corrected chi connectivity index (χ3v) is 2.97. The zero-order chi connectivity index (χ0) is 13.3. The van der Waals surface area contributed by atoms with Crippen molar-refractivity contribution in [3.8, 4) is 5.75 Å². The van der Waals surface area contributed by atoms with Crippen LogP contribution in [-0.2, 0) is 0 Å². The van der Waals surface area contributed by atoms with Gasteiger partial charge in [-0.1, -0.05) is 5.10 Å². The Bertz CT molecular complexity index is 441. The number of rotatable bonds is 4. The van der Waals surface area contributed by atoms with Crippen molar-refractivity contribution >= 4 is 12.1 Å². The van der Waals surface area contributed by atoms with Gasteiger partial charge in [0.15, 0.2) is 6.79 Å². The minimum Gasteiger partial charge on any atom is -0.468 e. The highest BCUT2D eigenvalue weighted by Gasteiger charge is 2.08. The van der Waals surface area contributed by atoms with Gasteiger partial charge in [-0.3, -0.25) is 4.99 Å². The van der Waals surface area contributed by atoms with E-state index < -0.39 is 0 Å². The monoisotopic (exact) mass is 262 g/mol. The van der Waals surface area contributed by atoms with Crippen molar-refractivity contribution in [1.82, 2.24) is 5.43 Å². The van der Waals surface area contributed by atoms with Gasteiger partial charge >= 0.3 is 0 Å². The molecule has 0 spiro atoms. The van der Waals surface area contributed by atoms with E-state index >= 15 is 0 Å². The fourth-order valence-corrected chi connectivity index (χ4v) is 1.94. The number of hydrogen-bond donors (Lipinski definition) is 3. The molecular formula is C14H20N3O2+. The number of aliphatic hydroxyl groups is 1. The molecule has 0 bridgehead atoms. The molecule has 0 fully saturated rings. The van der Waals surface area contributed by atoms with E-state index in [1.165, 1.54) is 19.3 Å². The first kappa shape index (κ1) is 13.5. The first-order valence-corrected chi connectivity index (χ1v) is 6.61. The Morgan fingerprint density at radius 3 is 2.89 bits per heavy atom. The smallest absolute Gasteiger partial charge is 0.267 e. The lowest BCUT2D eigenvalue weighted by Crippen LogP contribution is -2.75. The maximum absolute atomic E-state index is 8.63. The topological polar surface area (TPSA) is 67.8 Å². The van der Waals surface area contributed by atoms with Gasteiger partial charge in [-0.25, -0.2) is 0 Å². The lowest BCUT2D eigenvalue weighted by atomic mass is 10.2. The Labute approximate surface area is 113 Å². The van der Waals surface area contributed by atoms with Gasteiger partial charge in [-0.05, 0) is 49.1 Å². The minimum absolute atomic E-state index is 0.307. The summed E-state index contributed by atoms with van der Waals surface area (Å²) in [5.74, 6) is 1.74. The molecular weight excluding hydrogens is 242 g/mol. The SMILES string of the molecule is OCOc1ccc(/C=N\NC2=[NH+]CCCCC2)cc1. The molecule has 0 amide bonds. The number of hydrogen-bond acceptors (Lipinski definition) is 4. The Morgan fingerprint density at radius 2 is 2.11 bits per heavy atom. The number of amidine groups is 1. The van der Waals surface area contributed by atoms with Gasteiger partial charge < -0.3 is 9.84 Å². The van der Waals surface area contributed by atoms with Crippen LogP contribution in [0, 0.1) is 0 Å². The second-order valence-electron chi connectivity index (χ2n) is 4.43. The first-order valence-electron chi connectivity index (χ1n) is 6.61. The lowest BCUT2D eigenvalue weighted by molar-refractivity contribution is -0.459. The van der Waals surface area contributed by atoms with Crippen LogP contribution in [0.4, 0.5) is 0 Å². The molecule has 102 valence electrons. The summed E-state index contributed by atoms with van der Waals surface area (Å²) in [5, 5.41) is 12.8. The summed E-state index contributed by atoms with van der Waals surface area (Å²) in [6.07, 6.45) is 6.50. The van der Waals surface area contributed by atoms with Gasteiger partial charge in [0.2, 0.25) is 0 Å². The van der Waals surface area contributed by atoms with Gasteiger partial charge in [0, 0.05) is 0 Å². The fourth-order valence-electron chi connectivity index (χ4n) is 1.94. The summed E-state index contributed by atoms with van der Waals surface area (Å²) in [5.41, 5.74) is 4.03. The minimum atomic E-state index is -0.307. The van der Waals surface area contributed by atoms with E-state index in [1.54, 1.807) is 18.3 Å². The van der Waals surface area contributed by atoms with Crippen LogP contribution < -0.4 is 15.2 Å². The van der Waals surface area contributed by atoms with Crippen LogP contribution >= 0.6 is 0 Å². The number of aliphatic hydroxyl groups excluding tert-OH is 1. The molecule has 5 heteroatoms. The van der Waals surface area contributed by atoms with Gasteiger partial charge in [-0.2, -0.15) is 5.43 Å². The molecule has 0 aliphatic carbocycles. The molecule has 3 N–H and O–H groups in total.